The van der Waals surface area contributed by atoms with E-state index in [0.29, 0.717) is 11.4 Å². The summed E-state index contributed by atoms with van der Waals surface area (Å²) in [4.78, 5) is 4.39. The molecule has 5 heteroatoms. The van der Waals surface area contributed by atoms with E-state index in [2.05, 4.69) is 16.5 Å². The van der Waals surface area contributed by atoms with Crippen LogP contribution in [0.3, 0.4) is 0 Å². The van der Waals surface area contributed by atoms with Gasteiger partial charge in [0.2, 0.25) is 0 Å². The summed E-state index contributed by atoms with van der Waals surface area (Å²) >= 11 is 0. The van der Waals surface area contributed by atoms with E-state index in [9.17, 15) is 0 Å². The van der Waals surface area contributed by atoms with Gasteiger partial charge in [-0.25, -0.2) is 10.8 Å². The quantitative estimate of drug-likeness (QED) is 0.648. The number of ether oxygens (including phenoxy) is 1. The van der Waals surface area contributed by atoms with Crippen molar-refractivity contribution in [2.45, 2.75) is 6.92 Å². The summed E-state index contributed by atoms with van der Waals surface area (Å²) in [6, 6.07) is 11.4. The molecule has 0 aliphatic carbocycles. The molecule has 0 saturated heterocycles. The molecule has 0 fully saturated rings. The van der Waals surface area contributed by atoms with E-state index in [1.54, 1.807) is 13.2 Å². The Hall–Kier alpha value is -2.58. The van der Waals surface area contributed by atoms with Crippen molar-refractivity contribution in [1.82, 2.24) is 4.98 Å². The average Bonchev–Trinajstić information content (AvgIpc) is 2.47. The predicted molar refractivity (Wildman–Crippen MR) is 73.5 cm³/mol. The number of nitrogen functional groups attached to an aromatic ring is 1. The topological polar surface area (TPSA) is 84.0 Å². The number of aromatic nitrogens is 1. The highest BCUT2D eigenvalue weighted by atomic mass is 16.5. The van der Waals surface area contributed by atoms with Gasteiger partial charge in [0, 0.05) is 5.56 Å². The lowest BCUT2D eigenvalue weighted by Crippen LogP contribution is -2.11. The van der Waals surface area contributed by atoms with Crippen LogP contribution in [0.5, 0.6) is 5.75 Å². The molecule has 96 valence electrons. The second kappa shape index (κ2) is 5.38. The molecule has 2 rings (SSSR count). The van der Waals surface area contributed by atoms with Crippen LogP contribution in [0.1, 0.15) is 11.1 Å². The zero-order valence-corrected chi connectivity index (χ0v) is 10.8. The van der Waals surface area contributed by atoms with Crippen LogP contribution in [0, 0.1) is 18.3 Å². The fourth-order valence-corrected chi connectivity index (χ4v) is 1.85. The van der Waals surface area contributed by atoms with E-state index in [1.807, 2.05) is 31.2 Å². The van der Waals surface area contributed by atoms with E-state index in [-0.39, 0.29) is 0 Å². The van der Waals surface area contributed by atoms with Gasteiger partial charge in [-0.1, -0.05) is 0 Å². The summed E-state index contributed by atoms with van der Waals surface area (Å²) in [7, 11) is 1.62. The summed E-state index contributed by atoms with van der Waals surface area (Å²) < 4.78 is 5.12. The Morgan fingerprint density at radius 2 is 2.00 bits per heavy atom. The van der Waals surface area contributed by atoms with Crippen molar-refractivity contribution >= 4 is 5.82 Å². The van der Waals surface area contributed by atoms with Crippen LogP contribution in [0.4, 0.5) is 5.82 Å². The van der Waals surface area contributed by atoms with E-state index in [4.69, 9.17) is 15.8 Å². The molecule has 0 aliphatic heterocycles. The van der Waals surface area contributed by atoms with Crippen LogP contribution in [0.15, 0.2) is 30.3 Å². The largest absolute Gasteiger partial charge is 0.497 e. The normalized spacial score (nSPS) is 9.79. The predicted octanol–water partition coefficient (Wildman–Crippen LogP) is 2.22. The zero-order valence-electron chi connectivity index (χ0n) is 10.8. The average molecular weight is 254 g/mol. The minimum atomic E-state index is 0.374. The van der Waals surface area contributed by atoms with Gasteiger partial charge in [0.05, 0.1) is 18.4 Å². The van der Waals surface area contributed by atoms with Gasteiger partial charge < -0.3 is 10.2 Å². The molecule has 0 spiro atoms. The molecule has 1 aromatic heterocycles. The maximum absolute atomic E-state index is 9.00. The summed E-state index contributed by atoms with van der Waals surface area (Å²) in [5, 5.41) is 9.00. The molecule has 0 aliphatic rings. The number of aryl methyl sites for hydroxylation is 1. The molecule has 19 heavy (non-hydrogen) atoms. The second-order valence-corrected chi connectivity index (χ2v) is 4.03. The minimum absolute atomic E-state index is 0.374. The van der Waals surface area contributed by atoms with Crippen LogP contribution in [-0.2, 0) is 0 Å². The molecular formula is C14H14N4O. The Balaban J connectivity index is 2.52. The molecular weight excluding hydrogens is 240 g/mol. The standard InChI is InChI=1S/C14H14N4O/c1-9-7-11(8-15)14(18-16)17-13(9)10-3-5-12(19-2)6-4-10/h3-7H,16H2,1-2H3,(H,17,18). The van der Waals surface area contributed by atoms with Gasteiger partial charge in [0.1, 0.15) is 11.8 Å². The molecule has 3 N–H and O–H groups in total. The van der Waals surface area contributed by atoms with Gasteiger partial charge in [-0.2, -0.15) is 5.26 Å². The van der Waals surface area contributed by atoms with Crippen molar-refractivity contribution in [3.8, 4) is 23.1 Å². The highest BCUT2D eigenvalue weighted by Gasteiger charge is 2.10. The number of nitrogens with one attached hydrogen (secondary N) is 1. The van der Waals surface area contributed by atoms with Crippen molar-refractivity contribution < 1.29 is 4.74 Å². The maximum Gasteiger partial charge on any atom is 0.158 e. The van der Waals surface area contributed by atoms with Gasteiger partial charge in [0.15, 0.2) is 5.82 Å². The molecule has 5 nitrogen and oxygen atoms in total. The number of anilines is 1. The van der Waals surface area contributed by atoms with Crippen LogP contribution < -0.4 is 16.0 Å². The first-order chi connectivity index (χ1) is 9.19. The first-order valence-electron chi connectivity index (χ1n) is 5.72. The molecule has 0 bridgehead atoms. The number of nitriles is 1. The van der Waals surface area contributed by atoms with Crippen LogP contribution >= 0.6 is 0 Å². The molecule has 2 aromatic rings. The minimum Gasteiger partial charge on any atom is -0.497 e. The summed E-state index contributed by atoms with van der Waals surface area (Å²) in [5.41, 5.74) is 5.52. The van der Waals surface area contributed by atoms with Gasteiger partial charge in [-0.3, -0.25) is 0 Å². The number of nitrogens with two attached hydrogens (primary N) is 1. The highest BCUT2D eigenvalue weighted by molar-refractivity contribution is 5.68. The zero-order chi connectivity index (χ0) is 13.8. The van der Waals surface area contributed by atoms with Crippen LogP contribution in [0.2, 0.25) is 0 Å². The number of hydrogen-bond donors (Lipinski definition) is 2. The Kier molecular flexibility index (Phi) is 3.64. The summed E-state index contributed by atoms with van der Waals surface area (Å²) in [5.74, 6) is 6.54. The smallest absolute Gasteiger partial charge is 0.158 e. The van der Waals surface area contributed by atoms with Crippen molar-refractivity contribution in [1.29, 1.82) is 5.26 Å². The lowest BCUT2D eigenvalue weighted by Gasteiger charge is -2.10. The maximum atomic E-state index is 9.00. The van der Waals surface area contributed by atoms with Gasteiger partial charge in [-0.05, 0) is 42.8 Å². The number of nitrogens with zero attached hydrogens (tertiary/aromatic N) is 2. The van der Waals surface area contributed by atoms with E-state index < -0.39 is 0 Å². The van der Waals surface area contributed by atoms with Crippen LogP contribution in [-0.4, -0.2) is 12.1 Å². The van der Waals surface area contributed by atoms with Crippen molar-refractivity contribution in [3.05, 3.63) is 41.5 Å². The Morgan fingerprint density at radius 1 is 1.32 bits per heavy atom. The summed E-state index contributed by atoms with van der Waals surface area (Å²) in [6.45, 7) is 1.91. The van der Waals surface area contributed by atoms with Crippen molar-refractivity contribution in [2.24, 2.45) is 5.84 Å². The van der Waals surface area contributed by atoms with E-state index in [1.165, 1.54) is 0 Å². The lowest BCUT2D eigenvalue weighted by molar-refractivity contribution is 0.415. The Morgan fingerprint density at radius 3 is 2.53 bits per heavy atom. The number of methoxy groups -OCH3 is 1. The Bertz CT molecular complexity index is 629. The third kappa shape index (κ3) is 2.49. The molecule has 0 atom stereocenters. The second-order valence-electron chi connectivity index (χ2n) is 4.03. The van der Waals surface area contributed by atoms with Crippen molar-refractivity contribution in [2.75, 3.05) is 12.5 Å². The molecule has 0 amide bonds. The first kappa shape index (κ1) is 12.9. The fourth-order valence-electron chi connectivity index (χ4n) is 1.85. The summed E-state index contributed by atoms with van der Waals surface area (Å²) in [6.07, 6.45) is 0. The third-order valence-corrected chi connectivity index (χ3v) is 2.83. The molecule has 1 heterocycles. The number of pyridine rings is 1. The monoisotopic (exact) mass is 254 g/mol. The van der Waals surface area contributed by atoms with Gasteiger partial charge in [-0.15, -0.1) is 0 Å². The first-order valence-corrected chi connectivity index (χ1v) is 5.72. The molecule has 0 saturated carbocycles. The third-order valence-electron chi connectivity index (χ3n) is 2.83. The lowest BCUT2D eigenvalue weighted by atomic mass is 10.0. The number of hydrogen-bond acceptors (Lipinski definition) is 5. The molecule has 0 unspecified atom stereocenters. The van der Waals surface area contributed by atoms with Gasteiger partial charge >= 0.3 is 0 Å². The SMILES string of the molecule is COc1ccc(-c2nc(NN)c(C#N)cc2C)cc1. The number of hydrazine groups is 1. The Labute approximate surface area is 111 Å². The number of rotatable bonds is 3. The fraction of sp³-hybridized carbons (Fsp3) is 0.143. The van der Waals surface area contributed by atoms with Gasteiger partial charge in [0.25, 0.3) is 0 Å². The van der Waals surface area contributed by atoms with E-state index >= 15 is 0 Å². The highest BCUT2D eigenvalue weighted by Crippen LogP contribution is 2.26. The number of benzene rings is 1. The van der Waals surface area contributed by atoms with Crippen LogP contribution in [0.25, 0.3) is 11.3 Å². The van der Waals surface area contributed by atoms with Crippen molar-refractivity contribution in [3.63, 3.8) is 0 Å². The van der Waals surface area contributed by atoms with E-state index in [0.717, 1.165) is 22.6 Å². The molecule has 1 aromatic carbocycles. The molecule has 0 radical (unpaired) electrons.